The molecule has 0 unspecified atom stereocenters. The van der Waals surface area contributed by atoms with Gasteiger partial charge in [0.2, 0.25) is 0 Å². The van der Waals surface area contributed by atoms with Gasteiger partial charge in [0.05, 0.1) is 17.8 Å². The number of nitrogens with one attached hydrogen (secondary N) is 1. The normalized spacial score (nSPS) is 11.1. The molecule has 0 saturated heterocycles. The van der Waals surface area contributed by atoms with Gasteiger partial charge >= 0.3 is 0 Å². The summed E-state index contributed by atoms with van der Waals surface area (Å²) in [6.07, 6.45) is 3.15. The summed E-state index contributed by atoms with van der Waals surface area (Å²) in [6.45, 7) is 6.53. The van der Waals surface area contributed by atoms with Gasteiger partial charge in [0.15, 0.2) is 5.82 Å². The molecule has 30 heavy (non-hydrogen) atoms. The lowest BCUT2D eigenvalue weighted by Gasteiger charge is -2.12. The molecule has 2 heterocycles. The molecule has 1 N–H and O–H groups in total. The number of rotatable bonds is 6. The molecule has 0 aliphatic rings. The molecule has 2 aromatic carbocycles. The van der Waals surface area contributed by atoms with E-state index < -0.39 is 0 Å². The number of hydrogen-bond donors (Lipinski definition) is 1. The molecule has 8 nitrogen and oxygen atoms in total. The highest BCUT2D eigenvalue weighted by atomic mass is 16.5. The molecule has 0 saturated carbocycles. The smallest absolute Gasteiger partial charge is 0.260 e. The van der Waals surface area contributed by atoms with Crippen LogP contribution in [0.15, 0.2) is 59.6 Å². The van der Waals surface area contributed by atoms with Crippen molar-refractivity contribution in [3.63, 3.8) is 0 Å². The first-order valence-electron chi connectivity index (χ1n) is 9.67. The van der Waals surface area contributed by atoms with Crippen molar-refractivity contribution in [2.75, 3.05) is 5.32 Å². The maximum atomic E-state index is 12.9. The van der Waals surface area contributed by atoms with Crippen molar-refractivity contribution in [2.24, 2.45) is 0 Å². The molecule has 152 valence electrons. The van der Waals surface area contributed by atoms with Crippen molar-refractivity contribution in [1.29, 1.82) is 0 Å². The Bertz CT molecular complexity index is 1150. The van der Waals surface area contributed by atoms with Crippen molar-refractivity contribution in [1.82, 2.24) is 24.9 Å². The number of carbonyl (C=O) groups excluding carboxylic acids is 1. The van der Waals surface area contributed by atoms with Gasteiger partial charge in [-0.3, -0.25) is 4.79 Å². The summed E-state index contributed by atoms with van der Waals surface area (Å²) in [6, 6.07) is 13.1. The predicted molar refractivity (Wildman–Crippen MR) is 112 cm³/mol. The van der Waals surface area contributed by atoms with Crippen LogP contribution in [-0.2, 0) is 6.54 Å². The fourth-order valence-electron chi connectivity index (χ4n) is 3.04. The van der Waals surface area contributed by atoms with E-state index in [1.54, 1.807) is 23.1 Å². The quantitative estimate of drug-likeness (QED) is 0.522. The molecule has 8 heteroatoms. The van der Waals surface area contributed by atoms with Gasteiger partial charge in [-0.15, -0.1) is 0 Å². The van der Waals surface area contributed by atoms with E-state index in [0.717, 1.165) is 11.1 Å². The summed E-state index contributed by atoms with van der Waals surface area (Å²) in [5.41, 5.74) is 3.85. The first-order chi connectivity index (χ1) is 14.5. The number of benzene rings is 2. The highest BCUT2D eigenvalue weighted by molar-refractivity contribution is 6.06. The lowest BCUT2D eigenvalue weighted by Crippen LogP contribution is -2.14. The summed E-state index contributed by atoms with van der Waals surface area (Å²) in [7, 11) is 0. The summed E-state index contributed by atoms with van der Waals surface area (Å²) in [5.74, 6) is 0.968. The van der Waals surface area contributed by atoms with Crippen LogP contribution in [0, 0.1) is 6.92 Å². The van der Waals surface area contributed by atoms with E-state index in [0.29, 0.717) is 35.1 Å². The summed E-state index contributed by atoms with van der Waals surface area (Å²) >= 11 is 0. The number of carbonyl (C=O) groups is 1. The van der Waals surface area contributed by atoms with Crippen molar-refractivity contribution in [3.05, 3.63) is 77.6 Å². The van der Waals surface area contributed by atoms with Gasteiger partial charge in [-0.25, -0.2) is 9.67 Å². The van der Waals surface area contributed by atoms with E-state index in [9.17, 15) is 4.79 Å². The second kappa shape index (κ2) is 8.28. The largest absolute Gasteiger partial charge is 0.334 e. The Balaban J connectivity index is 1.55. The molecule has 0 aliphatic carbocycles. The van der Waals surface area contributed by atoms with Crippen LogP contribution in [0.2, 0.25) is 0 Å². The maximum absolute atomic E-state index is 12.9. The second-order valence-corrected chi connectivity index (χ2v) is 7.35. The minimum Gasteiger partial charge on any atom is -0.334 e. The van der Waals surface area contributed by atoms with Crippen LogP contribution in [0.25, 0.3) is 11.5 Å². The third-order valence-corrected chi connectivity index (χ3v) is 4.73. The summed E-state index contributed by atoms with van der Waals surface area (Å²) in [4.78, 5) is 21.3. The zero-order valence-electron chi connectivity index (χ0n) is 17.0. The van der Waals surface area contributed by atoms with Crippen LogP contribution in [0.3, 0.4) is 0 Å². The van der Waals surface area contributed by atoms with Gasteiger partial charge in [0.1, 0.15) is 12.7 Å². The molecule has 4 aromatic rings. The molecule has 4 rings (SSSR count). The Labute approximate surface area is 174 Å². The number of aryl methyl sites for hydroxylation is 1. The number of aromatic nitrogens is 5. The Kier molecular flexibility index (Phi) is 5.38. The number of para-hydroxylation sites is 1. The molecule has 0 fully saturated rings. The Morgan fingerprint density at radius 1 is 1.17 bits per heavy atom. The molecule has 1 amide bonds. The molecular weight excluding hydrogens is 380 g/mol. The number of hydrogen-bond acceptors (Lipinski definition) is 6. The van der Waals surface area contributed by atoms with Crippen molar-refractivity contribution in [3.8, 4) is 11.5 Å². The Morgan fingerprint density at radius 3 is 2.63 bits per heavy atom. The van der Waals surface area contributed by atoms with Crippen molar-refractivity contribution >= 4 is 11.6 Å². The minimum atomic E-state index is -0.207. The number of nitrogens with zero attached hydrogens (tertiary/aromatic N) is 5. The van der Waals surface area contributed by atoms with Crippen LogP contribution in [-0.4, -0.2) is 30.8 Å². The first kappa shape index (κ1) is 19.5. The van der Waals surface area contributed by atoms with E-state index in [4.69, 9.17) is 4.52 Å². The minimum absolute atomic E-state index is 0.154. The van der Waals surface area contributed by atoms with Gasteiger partial charge in [-0.05, 0) is 36.2 Å². The van der Waals surface area contributed by atoms with Gasteiger partial charge in [0.25, 0.3) is 11.8 Å². The molecule has 2 aromatic heterocycles. The van der Waals surface area contributed by atoms with E-state index in [1.807, 2.05) is 51.1 Å². The highest BCUT2D eigenvalue weighted by Crippen LogP contribution is 2.31. The Hall–Kier alpha value is -3.81. The first-order valence-corrected chi connectivity index (χ1v) is 9.67. The molecule has 0 spiro atoms. The molecule has 0 radical (unpaired) electrons. The number of anilines is 1. The average molecular weight is 402 g/mol. The van der Waals surface area contributed by atoms with E-state index in [-0.39, 0.29) is 11.8 Å². The SMILES string of the molecule is Cc1cccc(-c2nc(C(C)C)no2)c1NC(=O)c1ccc(Cn2cncn2)cc1. The fraction of sp³-hybridized carbons (Fsp3) is 0.227. The lowest BCUT2D eigenvalue weighted by molar-refractivity contribution is 0.102. The number of amides is 1. The molecular formula is C22H22N6O2. The molecule has 0 aliphatic heterocycles. The average Bonchev–Trinajstić information content (AvgIpc) is 3.42. The van der Waals surface area contributed by atoms with Crippen LogP contribution >= 0.6 is 0 Å². The fourth-order valence-corrected chi connectivity index (χ4v) is 3.04. The van der Waals surface area contributed by atoms with E-state index in [1.165, 1.54) is 6.33 Å². The highest BCUT2D eigenvalue weighted by Gasteiger charge is 2.18. The van der Waals surface area contributed by atoms with Gasteiger partial charge in [0, 0.05) is 11.5 Å². The van der Waals surface area contributed by atoms with Crippen LogP contribution in [0.4, 0.5) is 5.69 Å². The van der Waals surface area contributed by atoms with Crippen LogP contribution < -0.4 is 5.32 Å². The predicted octanol–water partition coefficient (Wildman–Crippen LogP) is 4.06. The topological polar surface area (TPSA) is 98.7 Å². The summed E-state index contributed by atoms with van der Waals surface area (Å²) < 4.78 is 7.16. The van der Waals surface area contributed by atoms with Crippen LogP contribution in [0.5, 0.6) is 0 Å². The zero-order valence-corrected chi connectivity index (χ0v) is 17.0. The summed E-state index contributed by atoms with van der Waals surface area (Å²) in [5, 5.41) is 11.1. The Morgan fingerprint density at radius 2 is 1.97 bits per heavy atom. The molecule has 0 atom stereocenters. The molecule has 0 bridgehead atoms. The third-order valence-electron chi connectivity index (χ3n) is 4.73. The van der Waals surface area contributed by atoms with Crippen molar-refractivity contribution in [2.45, 2.75) is 33.2 Å². The lowest BCUT2D eigenvalue weighted by atomic mass is 10.1. The van der Waals surface area contributed by atoms with Crippen molar-refractivity contribution < 1.29 is 9.32 Å². The van der Waals surface area contributed by atoms with E-state index >= 15 is 0 Å². The van der Waals surface area contributed by atoms with Gasteiger partial charge in [-0.1, -0.05) is 43.3 Å². The maximum Gasteiger partial charge on any atom is 0.260 e. The zero-order chi connectivity index (χ0) is 21.1. The standard InChI is InChI=1S/C22H22N6O2/c1-14(2)20-26-22(30-27-20)18-6-4-5-15(3)19(18)25-21(29)17-9-7-16(8-10-17)11-28-13-23-12-24-28/h4-10,12-14H,11H2,1-3H3,(H,25,29). The monoisotopic (exact) mass is 402 g/mol. The van der Waals surface area contributed by atoms with E-state index in [2.05, 4.69) is 25.5 Å². The second-order valence-electron chi connectivity index (χ2n) is 7.35. The van der Waals surface area contributed by atoms with Crippen LogP contribution in [0.1, 0.15) is 47.1 Å². The van der Waals surface area contributed by atoms with Gasteiger partial charge < -0.3 is 9.84 Å². The third kappa shape index (κ3) is 4.12. The van der Waals surface area contributed by atoms with Gasteiger partial charge in [-0.2, -0.15) is 10.1 Å².